The summed E-state index contributed by atoms with van der Waals surface area (Å²) in [5.74, 6) is 0. The van der Waals surface area contributed by atoms with Crippen molar-refractivity contribution in [1.29, 1.82) is 0 Å². The standard InChI is InChI=1S/C3H7S2/c1-3(4)5-2/h4H,1-2H3. The zero-order valence-electron chi connectivity index (χ0n) is 3.36. The lowest BCUT2D eigenvalue weighted by molar-refractivity contribution is 1.67. The van der Waals surface area contributed by atoms with Crippen molar-refractivity contribution in [2.75, 3.05) is 6.26 Å². The van der Waals surface area contributed by atoms with Crippen molar-refractivity contribution in [3.8, 4) is 0 Å². The smallest absolute Gasteiger partial charge is 0.0782 e. The maximum atomic E-state index is 3.98. The van der Waals surface area contributed by atoms with Crippen LogP contribution in [0.1, 0.15) is 6.92 Å². The number of thiol groups is 1. The summed E-state index contributed by atoms with van der Waals surface area (Å²) in [4.78, 5) is 0. The third-order valence-corrected chi connectivity index (χ3v) is 1.43. The lowest BCUT2D eigenvalue weighted by Crippen LogP contribution is -1.59. The van der Waals surface area contributed by atoms with Crippen LogP contribution < -0.4 is 0 Å². The monoisotopic (exact) mass is 107 g/mol. The first-order valence-electron chi connectivity index (χ1n) is 1.34. The summed E-state index contributed by atoms with van der Waals surface area (Å²) in [5.41, 5.74) is 0. The van der Waals surface area contributed by atoms with E-state index in [1.807, 2.05) is 13.2 Å². The Kier molecular flexibility index (Phi) is 3.32. The molecule has 0 rings (SSSR count). The van der Waals surface area contributed by atoms with Crippen LogP contribution in [0.4, 0.5) is 0 Å². The molecule has 2 heteroatoms. The van der Waals surface area contributed by atoms with E-state index >= 15 is 0 Å². The van der Waals surface area contributed by atoms with Gasteiger partial charge in [-0.2, -0.15) is 12.6 Å². The fraction of sp³-hybridized carbons (Fsp3) is 0.667. The summed E-state index contributed by atoms with van der Waals surface area (Å²) < 4.78 is 1.12. The molecule has 0 N–H and O–H groups in total. The van der Waals surface area contributed by atoms with Crippen molar-refractivity contribution >= 4 is 24.4 Å². The Labute approximate surface area is 42.7 Å². The van der Waals surface area contributed by atoms with Gasteiger partial charge >= 0.3 is 0 Å². The van der Waals surface area contributed by atoms with Gasteiger partial charge in [0.05, 0.1) is 4.58 Å². The first-order valence-corrected chi connectivity index (χ1v) is 3.01. The van der Waals surface area contributed by atoms with Gasteiger partial charge in [-0.3, -0.25) is 0 Å². The van der Waals surface area contributed by atoms with E-state index in [9.17, 15) is 0 Å². The highest BCUT2D eigenvalue weighted by atomic mass is 32.2. The Hall–Kier alpha value is 0.700. The fourth-order valence-corrected chi connectivity index (χ4v) is 0. The number of hydrogen-bond donors (Lipinski definition) is 1. The molecule has 0 aromatic carbocycles. The first kappa shape index (κ1) is 5.70. The van der Waals surface area contributed by atoms with Crippen LogP contribution >= 0.6 is 24.4 Å². The highest BCUT2D eigenvalue weighted by Crippen LogP contribution is 2.16. The van der Waals surface area contributed by atoms with Crippen LogP contribution in [-0.2, 0) is 0 Å². The zero-order valence-corrected chi connectivity index (χ0v) is 5.07. The predicted octanol–water partition coefficient (Wildman–Crippen LogP) is 1.79. The fourth-order valence-electron chi connectivity index (χ4n) is 0. The summed E-state index contributed by atoms with van der Waals surface area (Å²) in [6.07, 6.45) is 2.00. The van der Waals surface area contributed by atoms with Gasteiger partial charge in [-0.15, -0.1) is 11.8 Å². The van der Waals surface area contributed by atoms with Crippen LogP contribution in [0.2, 0.25) is 0 Å². The molecule has 0 heterocycles. The largest absolute Gasteiger partial charge is 0.160 e. The summed E-state index contributed by atoms with van der Waals surface area (Å²) in [6, 6.07) is 0. The molecule has 5 heavy (non-hydrogen) atoms. The minimum absolute atomic E-state index is 1.12. The average Bonchev–Trinajstić information content (AvgIpc) is 1.38. The maximum Gasteiger partial charge on any atom is 0.0782 e. The van der Waals surface area contributed by atoms with Crippen molar-refractivity contribution in [3.05, 3.63) is 4.58 Å². The SMILES string of the molecule is CS[C](C)S. The third-order valence-electron chi connectivity index (χ3n) is 0.295. The molecule has 0 aliphatic rings. The molecule has 0 unspecified atom stereocenters. The second kappa shape index (κ2) is 2.91. The molecule has 0 saturated heterocycles. The molecule has 0 nitrogen and oxygen atoms in total. The molecule has 1 radical (unpaired) electrons. The molecule has 0 aliphatic carbocycles. The molecule has 0 aromatic heterocycles. The molecule has 0 bridgehead atoms. The summed E-state index contributed by atoms with van der Waals surface area (Å²) >= 11 is 5.64. The quantitative estimate of drug-likeness (QED) is 0.498. The van der Waals surface area contributed by atoms with Gasteiger partial charge in [-0.05, 0) is 13.2 Å². The van der Waals surface area contributed by atoms with Gasteiger partial charge in [0, 0.05) is 0 Å². The van der Waals surface area contributed by atoms with Gasteiger partial charge in [0.25, 0.3) is 0 Å². The van der Waals surface area contributed by atoms with Gasteiger partial charge in [-0.25, -0.2) is 0 Å². The molecule has 0 atom stereocenters. The molecular formula is C3H7S2. The van der Waals surface area contributed by atoms with Gasteiger partial charge in [-0.1, -0.05) is 0 Å². The van der Waals surface area contributed by atoms with Crippen LogP contribution in [0, 0.1) is 4.58 Å². The third kappa shape index (κ3) is 4.70. The van der Waals surface area contributed by atoms with Crippen molar-refractivity contribution in [2.24, 2.45) is 0 Å². The molecule has 0 aromatic rings. The molecule has 0 fully saturated rings. The topological polar surface area (TPSA) is 0 Å². The van der Waals surface area contributed by atoms with Gasteiger partial charge in [0.2, 0.25) is 0 Å². The molecule has 0 spiro atoms. The van der Waals surface area contributed by atoms with E-state index in [0.717, 1.165) is 4.58 Å². The summed E-state index contributed by atoms with van der Waals surface area (Å²) in [7, 11) is 0. The zero-order chi connectivity index (χ0) is 4.28. The number of hydrogen-bond acceptors (Lipinski definition) is 2. The van der Waals surface area contributed by atoms with Crippen LogP contribution in [0.25, 0.3) is 0 Å². The van der Waals surface area contributed by atoms with E-state index < -0.39 is 0 Å². The maximum absolute atomic E-state index is 3.98. The Bertz CT molecular complexity index is 18.9. The highest BCUT2D eigenvalue weighted by Gasteiger charge is 1.82. The first-order chi connectivity index (χ1) is 2.27. The van der Waals surface area contributed by atoms with Crippen LogP contribution in [0.15, 0.2) is 0 Å². The summed E-state index contributed by atoms with van der Waals surface area (Å²) in [5, 5.41) is 0. The van der Waals surface area contributed by atoms with E-state index in [0.29, 0.717) is 0 Å². The highest BCUT2D eigenvalue weighted by molar-refractivity contribution is 8.13. The van der Waals surface area contributed by atoms with E-state index in [2.05, 4.69) is 12.6 Å². The van der Waals surface area contributed by atoms with E-state index in [1.165, 1.54) is 0 Å². The predicted molar refractivity (Wildman–Crippen MR) is 31.4 cm³/mol. The second-order valence-electron chi connectivity index (χ2n) is 0.723. The van der Waals surface area contributed by atoms with Crippen molar-refractivity contribution < 1.29 is 0 Å². The van der Waals surface area contributed by atoms with E-state index in [4.69, 9.17) is 0 Å². The lowest BCUT2D eigenvalue weighted by Gasteiger charge is -1.88. The van der Waals surface area contributed by atoms with E-state index in [-0.39, 0.29) is 0 Å². The minimum Gasteiger partial charge on any atom is -0.160 e. The summed E-state index contributed by atoms with van der Waals surface area (Å²) in [6.45, 7) is 1.97. The second-order valence-corrected chi connectivity index (χ2v) is 2.72. The molecule has 0 amide bonds. The lowest BCUT2D eigenvalue weighted by atomic mass is 11.0. The number of rotatable bonds is 1. The van der Waals surface area contributed by atoms with Crippen LogP contribution in [0.5, 0.6) is 0 Å². The Balaban J connectivity index is 2.54. The van der Waals surface area contributed by atoms with Crippen molar-refractivity contribution in [3.63, 3.8) is 0 Å². The average molecular weight is 107 g/mol. The Morgan fingerprint density at radius 3 is 2.00 bits per heavy atom. The Morgan fingerprint density at radius 1 is 1.80 bits per heavy atom. The van der Waals surface area contributed by atoms with Crippen LogP contribution in [-0.4, -0.2) is 6.26 Å². The van der Waals surface area contributed by atoms with Crippen LogP contribution in [0.3, 0.4) is 0 Å². The van der Waals surface area contributed by atoms with Gasteiger partial charge < -0.3 is 0 Å². The van der Waals surface area contributed by atoms with Gasteiger partial charge in [0.15, 0.2) is 0 Å². The molecule has 31 valence electrons. The van der Waals surface area contributed by atoms with Gasteiger partial charge in [0.1, 0.15) is 0 Å². The normalized spacial score (nSPS) is 9.60. The molecule has 0 aliphatic heterocycles. The number of thioether (sulfide) groups is 1. The minimum atomic E-state index is 1.12. The Morgan fingerprint density at radius 2 is 2.00 bits per heavy atom. The van der Waals surface area contributed by atoms with Crippen molar-refractivity contribution in [1.82, 2.24) is 0 Å². The molecular weight excluding hydrogens is 100 g/mol. The molecule has 0 saturated carbocycles. The van der Waals surface area contributed by atoms with Crippen molar-refractivity contribution in [2.45, 2.75) is 6.92 Å². The van der Waals surface area contributed by atoms with E-state index in [1.54, 1.807) is 11.8 Å².